The first-order valence-electron chi connectivity index (χ1n) is 6.05. The number of anilines is 1. The van der Waals surface area contributed by atoms with E-state index in [4.69, 9.17) is 5.73 Å². The van der Waals surface area contributed by atoms with Crippen molar-refractivity contribution in [3.05, 3.63) is 46.8 Å². The number of rotatable bonds is 1. The van der Waals surface area contributed by atoms with Crippen LogP contribution in [0.15, 0.2) is 41.2 Å². The summed E-state index contributed by atoms with van der Waals surface area (Å²) < 4.78 is 1.30. The minimum absolute atomic E-state index is 0.229. The summed E-state index contributed by atoms with van der Waals surface area (Å²) in [5.74, 6) is 0.282. The van der Waals surface area contributed by atoms with Gasteiger partial charge < -0.3 is 5.73 Å². The quantitative estimate of drug-likeness (QED) is 0.694. The zero-order valence-electron chi connectivity index (χ0n) is 10.8. The van der Waals surface area contributed by atoms with Crippen molar-refractivity contribution in [2.24, 2.45) is 0 Å². The van der Waals surface area contributed by atoms with Crippen LogP contribution in [0.3, 0.4) is 0 Å². The van der Waals surface area contributed by atoms with Crippen molar-refractivity contribution in [1.29, 1.82) is 0 Å². The first kappa shape index (κ1) is 12.8. The van der Waals surface area contributed by atoms with Gasteiger partial charge in [0.2, 0.25) is 0 Å². The zero-order valence-corrected chi connectivity index (χ0v) is 10.8. The maximum atomic E-state index is 11.9. The molecule has 1 aromatic carbocycles. The molecule has 0 aliphatic rings. The molecular formula is C13H15N5O. The van der Waals surface area contributed by atoms with Crippen molar-refractivity contribution in [3.8, 4) is 5.69 Å². The highest BCUT2D eigenvalue weighted by Gasteiger charge is 2.08. The SMILES string of the molecule is CC.Nc1n[nH]c2cc(=O)n(-c3ccccc3)nc12. The van der Waals surface area contributed by atoms with Gasteiger partial charge in [0.25, 0.3) is 5.56 Å². The third-order valence-corrected chi connectivity index (χ3v) is 2.47. The predicted octanol–water partition coefficient (Wildman–Crippen LogP) is 1.72. The summed E-state index contributed by atoms with van der Waals surface area (Å²) >= 11 is 0. The fourth-order valence-electron chi connectivity index (χ4n) is 1.66. The van der Waals surface area contributed by atoms with Gasteiger partial charge in [0.15, 0.2) is 11.3 Å². The molecule has 0 fully saturated rings. The Balaban J connectivity index is 0.000000637. The molecule has 6 heteroatoms. The predicted molar refractivity (Wildman–Crippen MR) is 75.2 cm³/mol. The van der Waals surface area contributed by atoms with Crippen LogP contribution in [0.25, 0.3) is 16.7 Å². The molecule has 0 unspecified atom stereocenters. The average molecular weight is 257 g/mol. The maximum Gasteiger partial charge on any atom is 0.273 e. The van der Waals surface area contributed by atoms with Gasteiger partial charge in [0, 0.05) is 6.07 Å². The average Bonchev–Trinajstić information content (AvgIpc) is 2.82. The van der Waals surface area contributed by atoms with E-state index < -0.39 is 0 Å². The number of nitrogens with two attached hydrogens (primary N) is 1. The van der Waals surface area contributed by atoms with Gasteiger partial charge in [-0.1, -0.05) is 32.0 Å². The lowest BCUT2D eigenvalue weighted by Crippen LogP contribution is -2.19. The summed E-state index contributed by atoms with van der Waals surface area (Å²) in [6, 6.07) is 10.6. The van der Waals surface area contributed by atoms with Gasteiger partial charge >= 0.3 is 0 Å². The number of fused-ring (bicyclic) bond motifs is 1. The van der Waals surface area contributed by atoms with E-state index >= 15 is 0 Å². The second-order valence-electron chi connectivity index (χ2n) is 3.60. The lowest BCUT2D eigenvalue weighted by Gasteiger charge is -2.03. The van der Waals surface area contributed by atoms with Crippen LogP contribution in [0.4, 0.5) is 5.82 Å². The fourth-order valence-corrected chi connectivity index (χ4v) is 1.66. The first-order chi connectivity index (χ1) is 9.25. The molecule has 0 atom stereocenters. The molecule has 2 heterocycles. The lowest BCUT2D eigenvalue weighted by atomic mass is 10.3. The number of aromatic nitrogens is 4. The van der Waals surface area contributed by atoms with E-state index in [9.17, 15) is 4.79 Å². The molecule has 0 amide bonds. The molecule has 19 heavy (non-hydrogen) atoms. The van der Waals surface area contributed by atoms with Gasteiger partial charge in [-0.15, -0.1) is 0 Å². The number of H-pyrrole nitrogens is 1. The van der Waals surface area contributed by atoms with Crippen molar-refractivity contribution in [3.63, 3.8) is 0 Å². The number of hydrogen-bond donors (Lipinski definition) is 2. The first-order valence-corrected chi connectivity index (χ1v) is 6.05. The molecule has 0 bridgehead atoms. The molecule has 3 aromatic rings. The maximum absolute atomic E-state index is 11.9. The molecule has 2 aromatic heterocycles. The van der Waals surface area contributed by atoms with Crippen molar-refractivity contribution >= 4 is 16.9 Å². The highest BCUT2D eigenvalue weighted by atomic mass is 16.1. The Morgan fingerprint density at radius 2 is 1.89 bits per heavy atom. The van der Waals surface area contributed by atoms with E-state index in [1.54, 1.807) is 12.1 Å². The molecule has 0 saturated carbocycles. The normalized spacial score (nSPS) is 10.0. The Bertz CT molecular complexity index is 730. The Morgan fingerprint density at radius 3 is 2.58 bits per heavy atom. The number of nitrogens with zero attached hydrogens (tertiary/aromatic N) is 3. The van der Waals surface area contributed by atoms with Crippen molar-refractivity contribution < 1.29 is 0 Å². The van der Waals surface area contributed by atoms with Gasteiger partial charge in [0.1, 0.15) is 0 Å². The van der Waals surface area contributed by atoms with Crippen molar-refractivity contribution in [2.45, 2.75) is 13.8 Å². The molecule has 0 spiro atoms. The largest absolute Gasteiger partial charge is 0.380 e. The molecular weight excluding hydrogens is 242 g/mol. The lowest BCUT2D eigenvalue weighted by molar-refractivity contribution is 0.832. The van der Waals surface area contributed by atoms with Gasteiger partial charge in [-0.2, -0.15) is 14.9 Å². The van der Waals surface area contributed by atoms with E-state index in [0.717, 1.165) is 0 Å². The Kier molecular flexibility index (Phi) is 3.61. The van der Waals surface area contributed by atoms with Crippen LogP contribution in [0.5, 0.6) is 0 Å². The summed E-state index contributed by atoms with van der Waals surface area (Å²) in [6.45, 7) is 4.00. The highest BCUT2D eigenvalue weighted by Crippen LogP contribution is 2.13. The van der Waals surface area contributed by atoms with Gasteiger partial charge in [-0.3, -0.25) is 9.89 Å². The molecule has 3 N–H and O–H groups in total. The minimum Gasteiger partial charge on any atom is -0.380 e. The van der Waals surface area contributed by atoms with Crippen LogP contribution in [0.2, 0.25) is 0 Å². The van der Waals surface area contributed by atoms with Gasteiger partial charge in [-0.25, -0.2) is 0 Å². The minimum atomic E-state index is -0.229. The summed E-state index contributed by atoms with van der Waals surface area (Å²) in [7, 11) is 0. The van der Waals surface area contributed by atoms with E-state index in [1.807, 2.05) is 32.0 Å². The van der Waals surface area contributed by atoms with E-state index in [0.29, 0.717) is 16.7 Å². The highest BCUT2D eigenvalue weighted by molar-refractivity contribution is 5.83. The van der Waals surface area contributed by atoms with Crippen molar-refractivity contribution in [1.82, 2.24) is 20.0 Å². The third kappa shape index (κ3) is 2.33. The van der Waals surface area contributed by atoms with Crippen LogP contribution < -0.4 is 11.3 Å². The van der Waals surface area contributed by atoms with Crippen LogP contribution in [-0.2, 0) is 0 Å². The van der Waals surface area contributed by atoms with Crippen LogP contribution >= 0.6 is 0 Å². The van der Waals surface area contributed by atoms with Gasteiger partial charge in [0.05, 0.1) is 11.2 Å². The summed E-state index contributed by atoms with van der Waals surface area (Å²) in [6.07, 6.45) is 0. The molecule has 0 aliphatic heterocycles. The van der Waals surface area contributed by atoms with Crippen LogP contribution in [0, 0.1) is 0 Å². The van der Waals surface area contributed by atoms with E-state index in [1.165, 1.54) is 10.7 Å². The molecule has 98 valence electrons. The number of nitrogen functional groups attached to an aromatic ring is 1. The smallest absolute Gasteiger partial charge is 0.273 e. The molecule has 0 saturated heterocycles. The third-order valence-electron chi connectivity index (χ3n) is 2.47. The van der Waals surface area contributed by atoms with E-state index in [-0.39, 0.29) is 11.4 Å². The molecule has 0 aliphatic carbocycles. The topological polar surface area (TPSA) is 89.6 Å². The second kappa shape index (κ2) is 5.34. The standard InChI is InChI=1S/C11H9N5O.C2H6/c12-11-10-8(13-14-11)6-9(17)16(15-10)7-4-2-1-3-5-7;1-2/h1-6,13H,(H2,12,14);1-2H3. The van der Waals surface area contributed by atoms with Crippen molar-refractivity contribution in [2.75, 3.05) is 5.73 Å². The molecule has 0 radical (unpaired) electrons. The summed E-state index contributed by atoms with van der Waals surface area (Å²) in [4.78, 5) is 11.9. The zero-order chi connectivity index (χ0) is 13.8. The Hall–Kier alpha value is -2.63. The number of hydrogen-bond acceptors (Lipinski definition) is 4. The fraction of sp³-hybridized carbons (Fsp3) is 0.154. The number of para-hydroxylation sites is 1. The Morgan fingerprint density at radius 1 is 1.21 bits per heavy atom. The number of benzene rings is 1. The van der Waals surface area contributed by atoms with Crippen LogP contribution in [-0.4, -0.2) is 20.0 Å². The van der Waals surface area contributed by atoms with E-state index in [2.05, 4.69) is 15.3 Å². The van der Waals surface area contributed by atoms with Crippen LogP contribution in [0.1, 0.15) is 13.8 Å². The monoisotopic (exact) mass is 257 g/mol. The summed E-state index contributed by atoms with van der Waals surface area (Å²) in [5, 5.41) is 10.7. The molecule has 6 nitrogen and oxygen atoms in total. The number of nitrogens with one attached hydrogen (secondary N) is 1. The second-order valence-corrected chi connectivity index (χ2v) is 3.60. The molecule has 3 rings (SSSR count). The number of aromatic amines is 1. The van der Waals surface area contributed by atoms with Gasteiger partial charge in [-0.05, 0) is 12.1 Å². The summed E-state index contributed by atoms with van der Waals surface area (Å²) in [5.41, 5.74) is 7.15. The Labute approximate surface area is 109 Å².